The van der Waals surface area contributed by atoms with E-state index in [1.807, 2.05) is 64.1 Å². The van der Waals surface area contributed by atoms with Crippen LogP contribution in [-0.2, 0) is 19.2 Å². The molecule has 0 atom stereocenters. The Bertz CT molecular complexity index is 960. The van der Waals surface area contributed by atoms with Gasteiger partial charge in [0.25, 0.3) is 11.8 Å². The van der Waals surface area contributed by atoms with E-state index in [2.05, 4.69) is 21.7 Å². The fourth-order valence-corrected chi connectivity index (χ4v) is 3.38. The quantitative estimate of drug-likeness (QED) is 0.277. The SMILES string of the molecule is Cc1cc(C)cc(OCC(=O)NNC(=O)CCCCC(=O)NNC(=O)COc2cc(C)cc(C)c2)c1. The number of amides is 4. The molecule has 2 aromatic carbocycles. The van der Waals surface area contributed by atoms with Gasteiger partial charge in [0.1, 0.15) is 11.5 Å². The molecular weight excluding hydrogens is 464 g/mol. The van der Waals surface area contributed by atoms with E-state index >= 15 is 0 Å². The molecule has 0 bridgehead atoms. The number of unbranched alkanes of at least 4 members (excludes halogenated alkanes) is 1. The smallest absolute Gasteiger partial charge is 0.276 e. The summed E-state index contributed by atoms with van der Waals surface area (Å²) in [6.07, 6.45) is 1.11. The maximum atomic E-state index is 11.9. The van der Waals surface area contributed by atoms with E-state index in [0.29, 0.717) is 24.3 Å². The van der Waals surface area contributed by atoms with Gasteiger partial charge < -0.3 is 9.47 Å². The molecule has 194 valence electrons. The molecular formula is C26H34N4O6. The molecule has 0 spiro atoms. The van der Waals surface area contributed by atoms with Crippen molar-refractivity contribution in [3.05, 3.63) is 58.7 Å². The third-order valence-corrected chi connectivity index (χ3v) is 4.87. The first-order valence-corrected chi connectivity index (χ1v) is 11.7. The summed E-state index contributed by atoms with van der Waals surface area (Å²) in [6, 6.07) is 11.3. The molecule has 10 heteroatoms. The fraction of sp³-hybridized carbons (Fsp3) is 0.385. The summed E-state index contributed by atoms with van der Waals surface area (Å²) in [4.78, 5) is 47.4. The molecule has 0 saturated heterocycles. The molecule has 4 amide bonds. The third-order valence-electron chi connectivity index (χ3n) is 4.87. The van der Waals surface area contributed by atoms with E-state index in [1.165, 1.54) is 0 Å². The molecule has 4 N–H and O–H groups in total. The Morgan fingerprint density at radius 2 is 0.833 bits per heavy atom. The second kappa shape index (κ2) is 14.3. The summed E-state index contributed by atoms with van der Waals surface area (Å²) in [5.41, 5.74) is 13.3. The van der Waals surface area contributed by atoms with Gasteiger partial charge >= 0.3 is 0 Å². The van der Waals surface area contributed by atoms with E-state index in [0.717, 1.165) is 22.3 Å². The van der Waals surface area contributed by atoms with Crippen molar-refractivity contribution in [3.63, 3.8) is 0 Å². The number of rotatable bonds is 11. The zero-order valence-electron chi connectivity index (χ0n) is 21.2. The first kappa shape index (κ1) is 28.2. The number of carbonyl (C=O) groups is 4. The molecule has 0 aliphatic rings. The monoisotopic (exact) mass is 498 g/mol. The fourth-order valence-electron chi connectivity index (χ4n) is 3.38. The van der Waals surface area contributed by atoms with Crippen LogP contribution >= 0.6 is 0 Å². The normalized spacial score (nSPS) is 10.2. The third kappa shape index (κ3) is 11.4. The Hall–Kier alpha value is -4.08. The number of carbonyl (C=O) groups excluding carboxylic acids is 4. The van der Waals surface area contributed by atoms with Gasteiger partial charge in [0.2, 0.25) is 11.8 Å². The number of ether oxygens (including phenoxy) is 2. The highest BCUT2D eigenvalue weighted by molar-refractivity contribution is 5.83. The maximum Gasteiger partial charge on any atom is 0.276 e. The van der Waals surface area contributed by atoms with Gasteiger partial charge in [0.05, 0.1) is 0 Å². The number of nitrogens with one attached hydrogen (secondary N) is 4. The van der Waals surface area contributed by atoms with Crippen molar-refractivity contribution in [1.29, 1.82) is 0 Å². The summed E-state index contributed by atoms with van der Waals surface area (Å²) in [5.74, 6) is -0.577. The van der Waals surface area contributed by atoms with Gasteiger partial charge in [-0.1, -0.05) is 12.1 Å². The summed E-state index contributed by atoms with van der Waals surface area (Å²) >= 11 is 0. The van der Waals surface area contributed by atoms with Gasteiger partial charge in [0, 0.05) is 12.8 Å². The van der Waals surface area contributed by atoms with Gasteiger partial charge in [-0.25, -0.2) is 0 Å². The standard InChI is InChI=1S/C26H34N4O6/c1-17-9-18(2)12-21(11-17)35-15-25(33)29-27-23(31)7-5-6-8-24(32)28-30-26(34)16-36-22-13-19(3)10-20(4)14-22/h9-14H,5-8,15-16H2,1-4H3,(H,27,31)(H,28,32)(H,29,33)(H,30,34). The van der Waals surface area contributed by atoms with Crippen LogP contribution in [-0.4, -0.2) is 36.8 Å². The van der Waals surface area contributed by atoms with Crippen LogP contribution in [0.1, 0.15) is 47.9 Å². The first-order chi connectivity index (χ1) is 17.1. The molecule has 36 heavy (non-hydrogen) atoms. The minimum Gasteiger partial charge on any atom is -0.484 e. The van der Waals surface area contributed by atoms with E-state index < -0.39 is 11.8 Å². The highest BCUT2D eigenvalue weighted by Gasteiger charge is 2.09. The van der Waals surface area contributed by atoms with Gasteiger partial charge in [0.15, 0.2) is 13.2 Å². The summed E-state index contributed by atoms with van der Waals surface area (Å²) in [5, 5.41) is 0. The molecule has 0 aromatic heterocycles. The average molecular weight is 499 g/mol. The summed E-state index contributed by atoms with van der Waals surface area (Å²) in [7, 11) is 0. The van der Waals surface area contributed by atoms with E-state index in [-0.39, 0.29) is 37.9 Å². The Balaban J connectivity index is 1.52. The maximum absolute atomic E-state index is 11.9. The van der Waals surface area contributed by atoms with Gasteiger partial charge in [-0.15, -0.1) is 0 Å². The summed E-state index contributed by atoms with van der Waals surface area (Å²) in [6.45, 7) is 7.27. The highest BCUT2D eigenvalue weighted by atomic mass is 16.5. The van der Waals surface area contributed by atoms with Crippen molar-refractivity contribution in [2.75, 3.05) is 13.2 Å². The van der Waals surface area contributed by atoms with Crippen LogP contribution in [0.2, 0.25) is 0 Å². The van der Waals surface area contributed by atoms with Crippen molar-refractivity contribution in [1.82, 2.24) is 21.7 Å². The van der Waals surface area contributed by atoms with Crippen LogP contribution in [0.3, 0.4) is 0 Å². The number of benzene rings is 2. The van der Waals surface area contributed by atoms with Crippen LogP contribution in [0.4, 0.5) is 0 Å². The van der Waals surface area contributed by atoms with Crippen LogP contribution < -0.4 is 31.2 Å². The molecule has 0 unspecified atom stereocenters. The van der Waals surface area contributed by atoms with Gasteiger partial charge in [-0.2, -0.15) is 0 Å². The van der Waals surface area contributed by atoms with Crippen molar-refractivity contribution in [3.8, 4) is 11.5 Å². The predicted octanol–water partition coefficient (Wildman–Crippen LogP) is 2.23. The number of hydrogen-bond donors (Lipinski definition) is 4. The Labute approximate surface area is 211 Å². The van der Waals surface area contributed by atoms with Crippen LogP contribution in [0.25, 0.3) is 0 Å². The van der Waals surface area contributed by atoms with Gasteiger partial charge in [-0.3, -0.25) is 40.9 Å². The van der Waals surface area contributed by atoms with Gasteiger partial charge in [-0.05, 0) is 87.1 Å². The lowest BCUT2D eigenvalue weighted by Crippen LogP contribution is -2.44. The molecule has 0 aliphatic heterocycles. The Kier molecular flexibility index (Phi) is 11.2. The molecule has 0 fully saturated rings. The molecule has 2 rings (SSSR count). The van der Waals surface area contributed by atoms with Crippen LogP contribution in [0.15, 0.2) is 36.4 Å². The first-order valence-electron chi connectivity index (χ1n) is 11.7. The minimum atomic E-state index is -0.487. The molecule has 0 heterocycles. The molecule has 0 aliphatic carbocycles. The molecule has 0 radical (unpaired) electrons. The topological polar surface area (TPSA) is 135 Å². The largest absolute Gasteiger partial charge is 0.484 e. The molecule has 10 nitrogen and oxygen atoms in total. The average Bonchev–Trinajstić information content (AvgIpc) is 2.80. The van der Waals surface area contributed by atoms with Crippen molar-refractivity contribution < 1.29 is 28.7 Å². The highest BCUT2D eigenvalue weighted by Crippen LogP contribution is 2.16. The van der Waals surface area contributed by atoms with Crippen molar-refractivity contribution >= 4 is 23.6 Å². The lowest BCUT2D eigenvalue weighted by Gasteiger charge is -2.10. The van der Waals surface area contributed by atoms with Crippen molar-refractivity contribution in [2.24, 2.45) is 0 Å². The zero-order chi connectivity index (χ0) is 26.5. The lowest BCUT2D eigenvalue weighted by atomic mass is 10.1. The number of hydrazine groups is 2. The lowest BCUT2D eigenvalue weighted by molar-refractivity contribution is -0.130. The Morgan fingerprint density at radius 3 is 1.17 bits per heavy atom. The summed E-state index contributed by atoms with van der Waals surface area (Å²) < 4.78 is 10.9. The Morgan fingerprint density at radius 1 is 0.528 bits per heavy atom. The zero-order valence-corrected chi connectivity index (χ0v) is 21.2. The molecule has 0 saturated carbocycles. The molecule has 2 aromatic rings. The van der Waals surface area contributed by atoms with Crippen LogP contribution in [0, 0.1) is 27.7 Å². The minimum absolute atomic E-state index is 0.127. The van der Waals surface area contributed by atoms with Crippen molar-refractivity contribution in [2.45, 2.75) is 53.4 Å². The van der Waals surface area contributed by atoms with E-state index in [1.54, 1.807) is 0 Å². The van der Waals surface area contributed by atoms with Crippen LogP contribution in [0.5, 0.6) is 11.5 Å². The van der Waals surface area contributed by atoms with E-state index in [4.69, 9.17) is 9.47 Å². The second-order valence-electron chi connectivity index (χ2n) is 8.62. The predicted molar refractivity (Wildman–Crippen MR) is 134 cm³/mol. The second-order valence-corrected chi connectivity index (χ2v) is 8.62. The van der Waals surface area contributed by atoms with E-state index in [9.17, 15) is 19.2 Å². The number of aryl methyl sites for hydroxylation is 4. The number of hydrogen-bond acceptors (Lipinski definition) is 6.